The van der Waals surface area contributed by atoms with Gasteiger partial charge >= 0.3 is 0 Å². The minimum Gasteiger partial charge on any atom is -0.379 e. The fraction of sp³-hybridized carbons (Fsp3) is 0.387. The van der Waals surface area contributed by atoms with E-state index in [1.54, 1.807) is 0 Å². The van der Waals surface area contributed by atoms with Crippen LogP contribution in [-0.4, -0.2) is 77.1 Å². The van der Waals surface area contributed by atoms with Gasteiger partial charge < -0.3 is 10.1 Å². The van der Waals surface area contributed by atoms with Crippen LogP contribution in [0.4, 0.5) is 11.8 Å². The zero-order chi connectivity index (χ0) is 28.5. The van der Waals surface area contributed by atoms with Crippen LogP contribution in [0, 0.1) is 0 Å². The van der Waals surface area contributed by atoms with E-state index < -0.39 is 0 Å². The van der Waals surface area contributed by atoms with E-state index in [0.717, 1.165) is 105 Å². The highest BCUT2D eigenvalue weighted by Gasteiger charge is 2.26. The summed E-state index contributed by atoms with van der Waals surface area (Å²) in [5.41, 5.74) is 9.02. The molecule has 1 saturated heterocycles. The number of hydrogen-bond donors (Lipinski definition) is 1. The number of aryl methyl sites for hydroxylation is 4. The van der Waals surface area contributed by atoms with Crippen molar-refractivity contribution in [1.82, 2.24) is 44.2 Å². The minimum atomic E-state index is 0.547. The first-order valence-corrected chi connectivity index (χ1v) is 14.8. The van der Waals surface area contributed by atoms with Crippen LogP contribution in [0.5, 0.6) is 0 Å². The number of anilines is 2. The van der Waals surface area contributed by atoms with Crippen molar-refractivity contribution in [3.05, 3.63) is 77.6 Å². The van der Waals surface area contributed by atoms with Crippen LogP contribution < -0.4 is 5.32 Å². The third kappa shape index (κ3) is 5.45. The average Bonchev–Trinajstić information content (AvgIpc) is 3.76. The number of hydrogen-bond acceptors (Lipinski definition) is 8. The topological polar surface area (TPSA) is 104 Å². The van der Waals surface area contributed by atoms with Gasteiger partial charge in [0.05, 0.1) is 43.0 Å². The van der Waals surface area contributed by atoms with Gasteiger partial charge in [-0.1, -0.05) is 24.3 Å². The number of fused-ring (bicyclic) bond motifs is 3. The second-order valence-corrected chi connectivity index (χ2v) is 11.0. The molecule has 1 aliphatic carbocycles. The number of aromatic nitrogens is 8. The molecular formula is C31H36N10O. The van der Waals surface area contributed by atoms with Crippen molar-refractivity contribution in [2.24, 2.45) is 7.05 Å². The van der Waals surface area contributed by atoms with Crippen LogP contribution in [0.15, 0.2) is 55.1 Å². The van der Waals surface area contributed by atoms with Crippen molar-refractivity contribution in [2.75, 3.05) is 38.2 Å². The summed E-state index contributed by atoms with van der Waals surface area (Å²) in [4.78, 5) is 12.0. The lowest BCUT2D eigenvalue weighted by Crippen LogP contribution is -2.38. The molecule has 1 N–H and O–H groups in total. The van der Waals surface area contributed by atoms with Crippen LogP contribution in [0.3, 0.4) is 0 Å². The van der Waals surface area contributed by atoms with Gasteiger partial charge in [-0.2, -0.15) is 15.3 Å². The van der Waals surface area contributed by atoms with Crippen LogP contribution in [0.1, 0.15) is 29.4 Å². The minimum absolute atomic E-state index is 0.547. The first-order chi connectivity index (χ1) is 20.6. The van der Waals surface area contributed by atoms with Gasteiger partial charge in [-0.3, -0.25) is 18.9 Å². The normalized spacial score (nSPS) is 15.0. The molecule has 0 radical (unpaired) electrons. The molecule has 1 fully saturated rings. The lowest BCUT2D eigenvalue weighted by Gasteiger charge is -2.26. The van der Waals surface area contributed by atoms with Crippen molar-refractivity contribution >= 4 is 11.8 Å². The largest absolute Gasteiger partial charge is 0.379 e. The molecule has 0 bridgehead atoms. The molecule has 0 amide bonds. The predicted octanol–water partition coefficient (Wildman–Crippen LogP) is 3.72. The van der Waals surface area contributed by atoms with E-state index in [2.05, 4.69) is 62.8 Å². The lowest BCUT2D eigenvalue weighted by molar-refractivity contribution is 0.0360. The molecule has 11 heteroatoms. The zero-order valence-corrected chi connectivity index (χ0v) is 24.2. The van der Waals surface area contributed by atoms with Gasteiger partial charge in [0.15, 0.2) is 5.82 Å². The summed E-state index contributed by atoms with van der Waals surface area (Å²) in [5, 5.41) is 17.3. The Bertz CT molecular complexity index is 1690. The Labute approximate surface area is 245 Å². The SMILES string of the molecule is CCn1ccc(Nc2ncc3c(n2)-c2c(nn(C)c2Cc2cccc(-c4cnn(CCN5CCOCC5)c4)c2)CC3)n1. The fourth-order valence-corrected chi connectivity index (χ4v) is 5.87. The van der Waals surface area contributed by atoms with Crippen molar-refractivity contribution in [3.8, 4) is 22.4 Å². The molecule has 0 atom stereocenters. The highest BCUT2D eigenvalue weighted by molar-refractivity contribution is 5.72. The second kappa shape index (κ2) is 11.5. The van der Waals surface area contributed by atoms with E-state index in [9.17, 15) is 0 Å². The van der Waals surface area contributed by atoms with Gasteiger partial charge in [0.25, 0.3) is 0 Å². The molecule has 11 nitrogen and oxygen atoms in total. The maximum absolute atomic E-state index is 5.47. The van der Waals surface area contributed by atoms with Gasteiger partial charge in [-0.25, -0.2) is 9.97 Å². The fourth-order valence-electron chi connectivity index (χ4n) is 5.87. The molecule has 7 rings (SSSR count). The van der Waals surface area contributed by atoms with Crippen molar-refractivity contribution in [1.29, 1.82) is 0 Å². The molecule has 0 saturated carbocycles. The Balaban J connectivity index is 1.12. The lowest BCUT2D eigenvalue weighted by atomic mass is 9.91. The van der Waals surface area contributed by atoms with Gasteiger partial charge in [-0.15, -0.1) is 0 Å². The maximum Gasteiger partial charge on any atom is 0.228 e. The van der Waals surface area contributed by atoms with Crippen molar-refractivity contribution < 1.29 is 4.74 Å². The standard InChI is InChI=1S/C31H36N10O/c1-3-40-10-9-28(37-40)34-31-32-19-24-7-8-26-29(30(24)35-31)27(38(2)36-26)18-22-5-4-6-23(17-22)25-20-33-41(21-25)12-11-39-13-15-42-16-14-39/h4-6,9-10,17,19-21H,3,7-8,11-16,18H2,1-2H3,(H,32,34,35,37). The highest BCUT2D eigenvalue weighted by atomic mass is 16.5. The van der Waals surface area contributed by atoms with E-state index in [0.29, 0.717) is 5.95 Å². The monoisotopic (exact) mass is 564 g/mol. The Morgan fingerprint density at radius 1 is 0.976 bits per heavy atom. The van der Waals surface area contributed by atoms with E-state index in [4.69, 9.17) is 14.8 Å². The first-order valence-electron chi connectivity index (χ1n) is 14.8. The van der Waals surface area contributed by atoms with Crippen LogP contribution in [-0.2, 0) is 44.1 Å². The van der Waals surface area contributed by atoms with Crippen molar-refractivity contribution in [3.63, 3.8) is 0 Å². The van der Waals surface area contributed by atoms with Crippen LogP contribution in [0.2, 0.25) is 0 Å². The summed E-state index contributed by atoms with van der Waals surface area (Å²) in [5.74, 6) is 1.28. The third-order valence-electron chi connectivity index (χ3n) is 8.19. The third-order valence-corrected chi connectivity index (χ3v) is 8.19. The number of nitrogens with zero attached hydrogens (tertiary/aromatic N) is 9. The second-order valence-electron chi connectivity index (χ2n) is 11.0. The molecule has 1 aliphatic heterocycles. The predicted molar refractivity (Wildman–Crippen MR) is 161 cm³/mol. The smallest absolute Gasteiger partial charge is 0.228 e. The highest BCUT2D eigenvalue weighted by Crippen LogP contribution is 2.36. The van der Waals surface area contributed by atoms with Gasteiger partial charge in [-0.05, 0) is 36.5 Å². The Morgan fingerprint density at radius 3 is 2.74 bits per heavy atom. The van der Waals surface area contributed by atoms with E-state index in [-0.39, 0.29) is 0 Å². The summed E-state index contributed by atoms with van der Waals surface area (Å²) >= 11 is 0. The number of benzene rings is 1. The molecule has 0 spiro atoms. The summed E-state index contributed by atoms with van der Waals surface area (Å²) < 4.78 is 11.4. The van der Waals surface area contributed by atoms with E-state index in [1.165, 1.54) is 11.1 Å². The molecule has 42 heavy (non-hydrogen) atoms. The number of nitrogens with one attached hydrogen (secondary N) is 1. The van der Waals surface area contributed by atoms with Gasteiger partial charge in [0.2, 0.25) is 5.95 Å². The summed E-state index contributed by atoms with van der Waals surface area (Å²) in [7, 11) is 2.04. The van der Waals surface area contributed by atoms with Crippen LogP contribution >= 0.6 is 0 Å². The first kappa shape index (κ1) is 26.5. The molecule has 0 unspecified atom stereocenters. The number of ether oxygens (including phenoxy) is 1. The summed E-state index contributed by atoms with van der Waals surface area (Å²) in [6.45, 7) is 8.36. The summed E-state index contributed by atoms with van der Waals surface area (Å²) in [6.07, 6.45) is 10.5. The molecular weight excluding hydrogens is 528 g/mol. The molecule has 216 valence electrons. The Hall–Kier alpha value is -4.35. The molecule has 4 aromatic heterocycles. The Kier molecular flexibility index (Phi) is 7.27. The molecule has 5 aromatic rings. The molecule has 1 aromatic carbocycles. The zero-order valence-electron chi connectivity index (χ0n) is 24.2. The number of morpholine rings is 1. The maximum atomic E-state index is 5.47. The quantitative estimate of drug-likeness (QED) is 0.289. The molecule has 5 heterocycles. The Morgan fingerprint density at radius 2 is 1.88 bits per heavy atom. The molecule has 2 aliphatic rings. The van der Waals surface area contributed by atoms with Crippen LogP contribution in [0.25, 0.3) is 22.4 Å². The summed E-state index contributed by atoms with van der Waals surface area (Å²) in [6, 6.07) is 10.7. The average molecular weight is 565 g/mol. The van der Waals surface area contributed by atoms with Gasteiger partial charge in [0, 0.05) is 75.4 Å². The van der Waals surface area contributed by atoms with E-state index >= 15 is 0 Å². The van der Waals surface area contributed by atoms with E-state index in [1.807, 2.05) is 45.7 Å². The number of rotatable bonds is 9. The van der Waals surface area contributed by atoms with Gasteiger partial charge in [0.1, 0.15) is 0 Å². The van der Waals surface area contributed by atoms with Crippen molar-refractivity contribution in [2.45, 2.75) is 39.3 Å².